The Bertz CT molecular complexity index is 1050. The van der Waals surface area contributed by atoms with Crippen molar-refractivity contribution in [1.29, 1.82) is 0 Å². The lowest BCUT2D eigenvalue weighted by Crippen LogP contribution is -2.04. The fourth-order valence-electron chi connectivity index (χ4n) is 2.40. The fourth-order valence-corrected chi connectivity index (χ4v) is 3.12. The smallest absolute Gasteiger partial charge is 0.305 e. The molecule has 9 nitrogen and oxygen atoms in total. The zero-order valence-electron chi connectivity index (χ0n) is 13.8. The van der Waals surface area contributed by atoms with Gasteiger partial charge in [0.1, 0.15) is 12.4 Å². The van der Waals surface area contributed by atoms with Crippen LogP contribution in [0.3, 0.4) is 0 Å². The van der Waals surface area contributed by atoms with Crippen LogP contribution in [-0.2, 0) is 6.54 Å². The topological polar surface area (TPSA) is 113 Å². The lowest BCUT2D eigenvalue weighted by molar-refractivity contribution is -0.385. The minimum Gasteiger partial charge on any atom is -0.461 e. The normalized spacial score (nSPS) is 10.8. The van der Waals surface area contributed by atoms with Gasteiger partial charge in [-0.05, 0) is 29.5 Å². The van der Waals surface area contributed by atoms with Gasteiger partial charge >= 0.3 is 5.69 Å². The van der Waals surface area contributed by atoms with Gasteiger partial charge in [0.05, 0.1) is 17.7 Å². The molecule has 0 spiro atoms. The molecule has 3 heterocycles. The summed E-state index contributed by atoms with van der Waals surface area (Å²) in [5, 5.41) is 20.1. The first-order chi connectivity index (χ1) is 13.2. The van der Waals surface area contributed by atoms with Crippen LogP contribution in [0.4, 0.5) is 5.69 Å². The van der Waals surface area contributed by atoms with Gasteiger partial charge in [0, 0.05) is 0 Å². The second kappa shape index (κ2) is 7.38. The van der Waals surface area contributed by atoms with Crippen molar-refractivity contribution in [1.82, 2.24) is 24.7 Å². The first-order valence-electron chi connectivity index (χ1n) is 7.86. The van der Waals surface area contributed by atoms with E-state index in [4.69, 9.17) is 4.42 Å². The fraction of sp³-hybridized carbons (Fsp3) is 0.0588. The van der Waals surface area contributed by atoms with Crippen molar-refractivity contribution in [3.05, 3.63) is 76.8 Å². The summed E-state index contributed by atoms with van der Waals surface area (Å²) in [6, 6.07) is 13.5. The van der Waals surface area contributed by atoms with E-state index in [9.17, 15) is 10.1 Å². The third-order valence-electron chi connectivity index (χ3n) is 3.65. The van der Waals surface area contributed by atoms with Gasteiger partial charge in [0.2, 0.25) is 5.82 Å². The van der Waals surface area contributed by atoms with Gasteiger partial charge in [-0.2, -0.15) is 0 Å². The maximum absolute atomic E-state index is 10.7. The van der Waals surface area contributed by atoms with Crippen LogP contribution in [-0.4, -0.2) is 29.7 Å². The third kappa shape index (κ3) is 3.70. The summed E-state index contributed by atoms with van der Waals surface area (Å²) in [5.41, 5.74) is 0.901. The third-order valence-corrected chi connectivity index (χ3v) is 4.53. The van der Waals surface area contributed by atoms with Gasteiger partial charge in [0.15, 0.2) is 16.1 Å². The van der Waals surface area contributed by atoms with E-state index in [0.717, 1.165) is 5.56 Å². The summed E-state index contributed by atoms with van der Waals surface area (Å²) in [4.78, 5) is 18.2. The number of furan rings is 1. The summed E-state index contributed by atoms with van der Waals surface area (Å²) in [7, 11) is 0. The van der Waals surface area contributed by atoms with Gasteiger partial charge in [-0.3, -0.25) is 14.7 Å². The average Bonchev–Trinajstić information content (AvgIpc) is 3.34. The zero-order chi connectivity index (χ0) is 18.6. The summed E-state index contributed by atoms with van der Waals surface area (Å²) in [6.07, 6.45) is 3.91. The highest BCUT2D eigenvalue weighted by Crippen LogP contribution is 2.28. The van der Waals surface area contributed by atoms with E-state index in [-0.39, 0.29) is 5.69 Å². The van der Waals surface area contributed by atoms with E-state index in [1.807, 2.05) is 41.0 Å². The van der Waals surface area contributed by atoms with Crippen LogP contribution in [0.2, 0.25) is 0 Å². The van der Waals surface area contributed by atoms with Crippen molar-refractivity contribution in [3.63, 3.8) is 0 Å². The number of benzene rings is 1. The monoisotopic (exact) mass is 380 g/mol. The minimum atomic E-state index is -0.540. The second-order valence-corrected chi connectivity index (χ2v) is 6.37. The Morgan fingerprint density at radius 3 is 2.52 bits per heavy atom. The number of hydrogen-bond acceptors (Lipinski definition) is 8. The first-order valence-corrected chi connectivity index (χ1v) is 8.67. The molecule has 0 bridgehead atoms. The highest BCUT2D eigenvalue weighted by molar-refractivity contribution is 7.99. The Balaban J connectivity index is 1.68. The van der Waals surface area contributed by atoms with Crippen LogP contribution in [0, 0.1) is 10.1 Å². The number of aromatic nitrogens is 5. The highest BCUT2D eigenvalue weighted by Gasteiger charge is 2.18. The van der Waals surface area contributed by atoms with E-state index in [1.54, 1.807) is 12.3 Å². The van der Waals surface area contributed by atoms with Crippen LogP contribution < -0.4 is 0 Å². The van der Waals surface area contributed by atoms with Gasteiger partial charge in [-0.25, -0.2) is 9.97 Å². The van der Waals surface area contributed by atoms with Gasteiger partial charge in [-0.1, -0.05) is 30.3 Å². The molecule has 1 aromatic carbocycles. The molecule has 0 saturated carbocycles. The van der Waals surface area contributed by atoms with Crippen LogP contribution >= 0.6 is 11.8 Å². The van der Waals surface area contributed by atoms with E-state index >= 15 is 0 Å². The van der Waals surface area contributed by atoms with Crippen molar-refractivity contribution in [2.24, 2.45) is 0 Å². The number of nitro groups is 1. The predicted octanol–water partition coefficient (Wildman–Crippen LogP) is 3.44. The Labute approximate surface area is 157 Å². The van der Waals surface area contributed by atoms with Crippen LogP contribution in [0.1, 0.15) is 5.56 Å². The summed E-state index contributed by atoms with van der Waals surface area (Å²) in [5.74, 6) is 1.17. The van der Waals surface area contributed by atoms with Crippen molar-refractivity contribution in [3.8, 4) is 11.6 Å². The van der Waals surface area contributed by atoms with Crippen LogP contribution in [0.25, 0.3) is 11.6 Å². The largest absolute Gasteiger partial charge is 0.461 e. The highest BCUT2D eigenvalue weighted by atomic mass is 32.2. The van der Waals surface area contributed by atoms with E-state index in [1.165, 1.54) is 24.2 Å². The van der Waals surface area contributed by atoms with E-state index in [2.05, 4.69) is 20.2 Å². The molecule has 4 rings (SSSR count). The molecule has 0 fully saturated rings. The maximum Gasteiger partial charge on any atom is 0.305 e. The maximum atomic E-state index is 10.7. The number of rotatable bonds is 6. The molecule has 10 heteroatoms. The second-order valence-electron chi connectivity index (χ2n) is 5.44. The van der Waals surface area contributed by atoms with E-state index in [0.29, 0.717) is 28.4 Å². The van der Waals surface area contributed by atoms with E-state index < -0.39 is 4.92 Å². The van der Waals surface area contributed by atoms with Gasteiger partial charge in [0.25, 0.3) is 0 Å². The molecule has 4 aromatic rings. The van der Waals surface area contributed by atoms with Crippen molar-refractivity contribution in [2.75, 3.05) is 0 Å². The molecule has 27 heavy (non-hydrogen) atoms. The Kier molecular flexibility index (Phi) is 4.62. The Hall–Kier alpha value is -3.53. The van der Waals surface area contributed by atoms with Gasteiger partial charge in [-0.15, -0.1) is 10.2 Å². The average molecular weight is 380 g/mol. The molecule has 0 unspecified atom stereocenters. The molecule has 0 radical (unpaired) electrons. The van der Waals surface area contributed by atoms with Crippen LogP contribution in [0.15, 0.2) is 75.9 Å². The Morgan fingerprint density at radius 1 is 1.07 bits per heavy atom. The molecule has 0 aliphatic heterocycles. The zero-order valence-corrected chi connectivity index (χ0v) is 14.6. The van der Waals surface area contributed by atoms with Crippen molar-refractivity contribution in [2.45, 2.75) is 16.9 Å². The molecular formula is C17H12N6O3S. The predicted molar refractivity (Wildman–Crippen MR) is 96.1 cm³/mol. The molecule has 134 valence electrons. The van der Waals surface area contributed by atoms with Crippen molar-refractivity contribution < 1.29 is 9.34 Å². The summed E-state index contributed by atoms with van der Waals surface area (Å²) in [6.45, 7) is 0.527. The van der Waals surface area contributed by atoms with Gasteiger partial charge < -0.3 is 4.42 Å². The quantitative estimate of drug-likeness (QED) is 0.284. The summed E-state index contributed by atoms with van der Waals surface area (Å²) < 4.78 is 7.36. The number of nitrogens with zero attached hydrogens (tertiary/aromatic N) is 6. The molecule has 0 amide bonds. The van der Waals surface area contributed by atoms with Crippen molar-refractivity contribution >= 4 is 17.4 Å². The molecule has 3 aromatic heterocycles. The molecule has 0 aliphatic carbocycles. The lowest BCUT2D eigenvalue weighted by atomic mass is 10.2. The molecule has 0 atom stereocenters. The first kappa shape index (κ1) is 16.9. The Morgan fingerprint density at radius 2 is 1.85 bits per heavy atom. The molecular weight excluding hydrogens is 368 g/mol. The number of hydrogen-bond donors (Lipinski definition) is 0. The summed E-state index contributed by atoms with van der Waals surface area (Å²) >= 11 is 1.17. The standard InChI is InChI=1S/C17H12N6O3S/c24-23(25)13-9-18-16(19-10-13)27-17-21-20-15(14-7-4-8-26-14)22(17)11-12-5-2-1-3-6-12/h1-10H,11H2. The minimum absolute atomic E-state index is 0.165. The SMILES string of the molecule is O=[N+]([O-])c1cnc(Sc2nnc(-c3ccco3)n2Cc2ccccc2)nc1. The van der Waals surface area contributed by atoms with Crippen LogP contribution in [0.5, 0.6) is 0 Å². The molecule has 0 aliphatic rings. The lowest BCUT2D eigenvalue weighted by Gasteiger charge is -2.08. The molecule has 0 N–H and O–H groups in total. The molecule has 0 saturated heterocycles.